The minimum atomic E-state index is 0.133. The third kappa shape index (κ3) is 2.05. The first-order chi connectivity index (χ1) is 9.24. The van der Waals surface area contributed by atoms with E-state index in [4.69, 9.17) is 15.5 Å². The lowest BCUT2D eigenvalue weighted by Crippen LogP contribution is -2.11. The number of imidazole rings is 1. The van der Waals surface area contributed by atoms with E-state index in [-0.39, 0.29) is 6.10 Å². The van der Waals surface area contributed by atoms with Gasteiger partial charge >= 0.3 is 0 Å². The van der Waals surface area contributed by atoms with Crippen LogP contribution in [-0.4, -0.2) is 16.2 Å². The van der Waals surface area contributed by atoms with Gasteiger partial charge in [-0.3, -0.25) is 0 Å². The average Bonchev–Trinajstić information content (AvgIpc) is 3.00. The summed E-state index contributed by atoms with van der Waals surface area (Å²) in [6.45, 7) is 6.71. The lowest BCUT2D eigenvalue weighted by molar-refractivity contribution is 0.0848. The van der Waals surface area contributed by atoms with Crippen LogP contribution in [0.15, 0.2) is 18.2 Å². The molecule has 1 aromatic heterocycles. The van der Waals surface area contributed by atoms with Crippen molar-refractivity contribution in [2.45, 2.75) is 39.5 Å². The van der Waals surface area contributed by atoms with Gasteiger partial charge in [-0.1, -0.05) is 13.0 Å². The number of hydrogen-bond acceptors (Lipinski definition) is 3. The summed E-state index contributed by atoms with van der Waals surface area (Å²) in [5, 5.41) is 0. The zero-order valence-corrected chi connectivity index (χ0v) is 11.6. The van der Waals surface area contributed by atoms with Gasteiger partial charge in [-0.25, -0.2) is 4.98 Å². The molecule has 0 bridgehead atoms. The van der Waals surface area contributed by atoms with Crippen molar-refractivity contribution in [3.05, 3.63) is 29.6 Å². The topological polar surface area (TPSA) is 53.1 Å². The number of hydrogen-bond donors (Lipinski definition) is 1. The van der Waals surface area contributed by atoms with Crippen molar-refractivity contribution in [3.8, 4) is 0 Å². The van der Waals surface area contributed by atoms with E-state index in [0.717, 1.165) is 36.5 Å². The second-order valence-corrected chi connectivity index (χ2v) is 5.30. The van der Waals surface area contributed by atoms with Crippen LogP contribution in [0.2, 0.25) is 0 Å². The van der Waals surface area contributed by atoms with E-state index in [2.05, 4.69) is 36.6 Å². The molecule has 2 atom stereocenters. The molecule has 1 saturated heterocycles. The molecule has 102 valence electrons. The van der Waals surface area contributed by atoms with Crippen LogP contribution in [0.25, 0.3) is 11.0 Å². The molecule has 2 aromatic rings. The molecule has 3 rings (SSSR count). The summed E-state index contributed by atoms with van der Waals surface area (Å²) in [6, 6.07) is 6.29. The molecule has 1 fully saturated rings. The SMILES string of the molecule is CCn1c(C2OCCC2C)nc2cc(CN)ccc21. The number of nitrogens with two attached hydrogens (primary N) is 1. The molecule has 1 aromatic carbocycles. The van der Waals surface area contributed by atoms with Gasteiger partial charge in [0.2, 0.25) is 0 Å². The maximum absolute atomic E-state index is 5.87. The van der Waals surface area contributed by atoms with E-state index >= 15 is 0 Å². The van der Waals surface area contributed by atoms with Crippen LogP contribution in [0.1, 0.15) is 37.8 Å². The Morgan fingerprint density at radius 1 is 1.47 bits per heavy atom. The number of ether oxygens (including phenoxy) is 1. The highest BCUT2D eigenvalue weighted by molar-refractivity contribution is 5.77. The quantitative estimate of drug-likeness (QED) is 0.921. The molecular weight excluding hydrogens is 238 g/mol. The lowest BCUT2D eigenvalue weighted by Gasteiger charge is -2.15. The largest absolute Gasteiger partial charge is 0.370 e. The Bertz CT molecular complexity index is 590. The maximum atomic E-state index is 5.87. The Morgan fingerprint density at radius 3 is 2.95 bits per heavy atom. The fourth-order valence-electron chi connectivity index (χ4n) is 2.90. The summed E-state index contributed by atoms with van der Waals surface area (Å²) in [4.78, 5) is 4.81. The molecule has 4 heteroatoms. The lowest BCUT2D eigenvalue weighted by atomic mass is 10.0. The summed E-state index contributed by atoms with van der Waals surface area (Å²) < 4.78 is 8.14. The molecular formula is C15H21N3O. The van der Waals surface area contributed by atoms with Gasteiger partial charge in [0.25, 0.3) is 0 Å². The van der Waals surface area contributed by atoms with Crippen molar-refractivity contribution < 1.29 is 4.74 Å². The first-order valence-electron chi connectivity index (χ1n) is 7.05. The number of aromatic nitrogens is 2. The maximum Gasteiger partial charge on any atom is 0.139 e. The third-order valence-electron chi connectivity index (χ3n) is 4.04. The summed E-state index contributed by atoms with van der Waals surface area (Å²) in [5.74, 6) is 1.60. The highest BCUT2D eigenvalue weighted by Gasteiger charge is 2.30. The second kappa shape index (κ2) is 4.94. The number of benzene rings is 1. The van der Waals surface area contributed by atoms with Crippen molar-refractivity contribution in [2.24, 2.45) is 11.7 Å². The van der Waals surface area contributed by atoms with Gasteiger partial charge in [-0.2, -0.15) is 0 Å². The number of nitrogens with zero attached hydrogens (tertiary/aromatic N) is 2. The molecule has 2 heterocycles. The van der Waals surface area contributed by atoms with Crippen molar-refractivity contribution in [2.75, 3.05) is 6.61 Å². The minimum Gasteiger partial charge on any atom is -0.370 e. The summed E-state index contributed by atoms with van der Waals surface area (Å²) >= 11 is 0. The van der Waals surface area contributed by atoms with E-state index in [0.29, 0.717) is 12.5 Å². The Balaban J connectivity index is 2.13. The van der Waals surface area contributed by atoms with Crippen LogP contribution >= 0.6 is 0 Å². The average molecular weight is 259 g/mol. The highest BCUT2D eigenvalue weighted by Crippen LogP contribution is 2.35. The third-order valence-corrected chi connectivity index (χ3v) is 4.04. The Morgan fingerprint density at radius 2 is 2.32 bits per heavy atom. The smallest absolute Gasteiger partial charge is 0.139 e. The number of aryl methyl sites for hydroxylation is 1. The van der Waals surface area contributed by atoms with Gasteiger partial charge in [0.1, 0.15) is 11.9 Å². The predicted octanol–water partition coefficient (Wildman–Crippen LogP) is 2.61. The van der Waals surface area contributed by atoms with Gasteiger partial charge in [-0.05, 0) is 37.0 Å². The highest BCUT2D eigenvalue weighted by atomic mass is 16.5. The Labute approximate surface area is 113 Å². The molecule has 0 amide bonds. The van der Waals surface area contributed by atoms with Gasteiger partial charge in [0.15, 0.2) is 0 Å². The number of fused-ring (bicyclic) bond motifs is 1. The Hall–Kier alpha value is -1.39. The van der Waals surface area contributed by atoms with Crippen molar-refractivity contribution >= 4 is 11.0 Å². The van der Waals surface area contributed by atoms with Crippen LogP contribution in [0.5, 0.6) is 0 Å². The van der Waals surface area contributed by atoms with E-state index in [9.17, 15) is 0 Å². The van der Waals surface area contributed by atoms with Gasteiger partial charge in [-0.15, -0.1) is 0 Å². The first kappa shape index (κ1) is 12.6. The van der Waals surface area contributed by atoms with E-state index in [1.54, 1.807) is 0 Å². The normalized spacial score (nSPS) is 23.3. The molecule has 4 nitrogen and oxygen atoms in total. The zero-order chi connectivity index (χ0) is 13.4. The van der Waals surface area contributed by atoms with E-state index in [1.807, 2.05) is 0 Å². The van der Waals surface area contributed by atoms with Crippen LogP contribution in [0, 0.1) is 5.92 Å². The summed E-state index contributed by atoms with van der Waals surface area (Å²) in [7, 11) is 0. The number of rotatable bonds is 3. The monoisotopic (exact) mass is 259 g/mol. The fourth-order valence-corrected chi connectivity index (χ4v) is 2.90. The van der Waals surface area contributed by atoms with Gasteiger partial charge < -0.3 is 15.0 Å². The molecule has 1 aliphatic rings. The van der Waals surface area contributed by atoms with Crippen molar-refractivity contribution in [1.82, 2.24) is 9.55 Å². The standard InChI is InChI=1S/C15H21N3O/c1-3-18-13-5-4-11(9-16)8-12(13)17-15(18)14-10(2)6-7-19-14/h4-5,8,10,14H,3,6-7,9,16H2,1-2H3. The zero-order valence-electron chi connectivity index (χ0n) is 11.6. The molecule has 19 heavy (non-hydrogen) atoms. The van der Waals surface area contributed by atoms with Crippen LogP contribution < -0.4 is 5.73 Å². The van der Waals surface area contributed by atoms with Crippen LogP contribution in [0.3, 0.4) is 0 Å². The van der Waals surface area contributed by atoms with Gasteiger partial charge in [0.05, 0.1) is 11.0 Å². The molecule has 1 aliphatic heterocycles. The fraction of sp³-hybridized carbons (Fsp3) is 0.533. The molecule has 0 spiro atoms. The van der Waals surface area contributed by atoms with Crippen molar-refractivity contribution in [3.63, 3.8) is 0 Å². The van der Waals surface area contributed by atoms with Crippen molar-refractivity contribution in [1.29, 1.82) is 0 Å². The second-order valence-electron chi connectivity index (χ2n) is 5.30. The van der Waals surface area contributed by atoms with Crippen LogP contribution in [-0.2, 0) is 17.8 Å². The minimum absolute atomic E-state index is 0.133. The molecule has 0 radical (unpaired) electrons. The first-order valence-corrected chi connectivity index (χ1v) is 7.05. The molecule has 0 saturated carbocycles. The predicted molar refractivity (Wildman–Crippen MR) is 75.8 cm³/mol. The van der Waals surface area contributed by atoms with Crippen LogP contribution in [0.4, 0.5) is 0 Å². The summed E-state index contributed by atoms with van der Waals surface area (Å²) in [5.41, 5.74) is 9.04. The van der Waals surface area contributed by atoms with Gasteiger partial charge in [0, 0.05) is 19.7 Å². The molecule has 2 N–H and O–H groups in total. The Kier molecular flexibility index (Phi) is 3.29. The molecule has 2 unspecified atom stereocenters. The van der Waals surface area contributed by atoms with E-state index in [1.165, 1.54) is 5.52 Å². The van der Waals surface area contributed by atoms with E-state index < -0.39 is 0 Å². The summed E-state index contributed by atoms with van der Waals surface area (Å²) in [6.07, 6.45) is 1.25. The molecule has 0 aliphatic carbocycles.